The summed E-state index contributed by atoms with van der Waals surface area (Å²) >= 11 is 0. The van der Waals surface area contributed by atoms with Crippen LogP contribution in [0.25, 0.3) is 0 Å². The van der Waals surface area contributed by atoms with Gasteiger partial charge in [0, 0.05) is 18.9 Å². The molecule has 1 amide bonds. The lowest BCUT2D eigenvalue weighted by Crippen LogP contribution is -2.17. The first-order valence-electron chi connectivity index (χ1n) is 6.46. The summed E-state index contributed by atoms with van der Waals surface area (Å²) in [6.45, 7) is 2.33. The van der Waals surface area contributed by atoms with Gasteiger partial charge in [0.1, 0.15) is 5.75 Å². The third kappa shape index (κ3) is 3.57. The molecule has 0 aliphatic heterocycles. The number of carbonyl (C=O) groups excluding carboxylic acids is 1. The molecule has 0 saturated carbocycles. The maximum absolute atomic E-state index is 12.8. The molecule has 2 aromatic rings. The molecular weight excluding hydrogens is 299 g/mol. The number of aryl methyl sites for hydroxylation is 1. The number of hydrogen-bond acceptors (Lipinski definition) is 3. The van der Waals surface area contributed by atoms with Crippen LogP contribution in [-0.2, 0) is 13.2 Å². The van der Waals surface area contributed by atoms with E-state index in [1.807, 2.05) is 6.92 Å². The molecule has 0 saturated heterocycles. The van der Waals surface area contributed by atoms with Crippen molar-refractivity contribution in [1.82, 2.24) is 9.78 Å². The highest BCUT2D eigenvalue weighted by Crippen LogP contribution is 2.31. The Kier molecular flexibility index (Phi) is 4.39. The van der Waals surface area contributed by atoms with E-state index in [-0.39, 0.29) is 0 Å². The van der Waals surface area contributed by atoms with Gasteiger partial charge in [-0.2, -0.15) is 18.3 Å². The normalized spacial score (nSPS) is 11.3. The highest BCUT2D eigenvalue weighted by atomic mass is 19.4. The van der Waals surface area contributed by atoms with Gasteiger partial charge in [-0.3, -0.25) is 9.48 Å². The Morgan fingerprint density at radius 3 is 2.50 bits per heavy atom. The van der Waals surface area contributed by atoms with Crippen molar-refractivity contribution in [2.45, 2.75) is 13.1 Å². The zero-order valence-electron chi connectivity index (χ0n) is 11.9. The van der Waals surface area contributed by atoms with Crippen LogP contribution < -0.4 is 10.1 Å². The molecule has 1 N–H and O–H groups in total. The maximum atomic E-state index is 12.8. The van der Waals surface area contributed by atoms with E-state index in [2.05, 4.69) is 10.4 Å². The van der Waals surface area contributed by atoms with E-state index < -0.39 is 23.3 Å². The summed E-state index contributed by atoms with van der Waals surface area (Å²) in [6, 6.07) is 6.33. The molecule has 0 atom stereocenters. The lowest BCUT2D eigenvalue weighted by molar-refractivity contribution is -0.141. The molecule has 0 radical (unpaired) electrons. The van der Waals surface area contributed by atoms with Crippen molar-refractivity contribution >= 4 is 11.6 Å². The van der Waals surface area contributed by atoms with E-state index in [9.17, 15) is 18.0 Å². The number of anilines is 1. The molecule has 2 rings (SSSR count). The largest absolute Gasteiger partial charge is 0.494 e. The summed E-state index contributed by atoms with van der Waals surface area (Å²) in [4.78, 5) is 12.0. The van der Waals surface area contributed by atoms with Crippen molar-refractivity contribution in [1.29, 1.82) is 0 Å². The minimum atomic E-state index is -4.69. The van der Waals surface area contributed by atoms with Crippen LogP contribution in [-0.4, -0.2) is 22.3 Å². The van der Waals surface area contributed by atoms with E-state index in [0.29, 0.717) is 18.0 Å². The van der Waals surface area contributed by atoms with Crippen LogP contribution in [0, 0.1) is 0 Å². The Hall–Kier alpha value is -2.51. The molecule has 1 aromatic heterocycles. The second kappa shape index (κ2) is 6.08. The standard InChI is InChI=1S/C14H14F3N3O2/c1-3-22-10-6-4-9(5-7-10)18-13(21)11-8-20(2)19-12(11)14(15,16)17/h4-8H,3H2,1-2H3,(H,18,21). The van der Waals surface area contributed by atoms with Crippen LogP contribution in [0.2, 0.25) is 0 Å². The van der Waals surface area contributed by atoms with Gasteiger partial charge in [0.25, 0.3) is 5.91 Å². The molecule has 0 aliphatic carbocycles. The zero-order chi connectivity index (χ0) is 16.3. The van der Waals surface area contributed by atoms with Gasteiger partial charge in [0.05, 0.1) is 12.2 Å². The Bertz CT molecular complexity index is 663. The summed E-state index contributed by atoms with van der Waals surface area (Å²) in [5.41, 5.74) is -1.37. The number of aromatic nitrogens is 2. The number of ether oxygens (including phenoxy) is 1. The van der Waals surface area contributed by atoms with Crippen LogP contribution in [0.3, 0.4) is 0 Å². The van der Waals surface area contributed by atoms with Gasteiger partial charge in [-0.1, -0.05) is 0 Å². The smallest absolute Gasteiger partial charge is 0.435 e. The maximum Gasteiger partial charge on any atom is 0.435 e. The number of halogens is 3. The Balaban J connectivity index is 2.19. The summed E-state index contributed by atoms with van der Waals surface area (Å²) in [6.07, 6.45) is -3.65. The summed E-state index contributed by atoms with van der Waals surface area (Å²) in [5.74, 6) is -0.262. The van der Waals surface area contributed by atoms with Crippen molar-refractivity contribution in [2.75, 3.05) is 11.9 Å². The Morgan fingerprint density at radius 1 is 1.32 bits per heavy atom. The van der Waals surface area contributed by atoms with Crippen LogP contribution in [0.5, 0.6) is 5.75 Å². The highest BCUT2D eigenvalue weighted by molar-refractivity contribution is 6.05. The van der Waals surface area contributed by atoms with Crippen LogP contribution in [0.1, 0.15) is 23.0 Å². The minimum Gasteiger partial charge on any atom is -0.494 e. The summed E-state index contributed by atoms with van der Waals surface area (Å²) in [5, 5.41) is 5.70. The fourth-order valence-electron chi connectivity index (χ4n) is 1.86. The number of benzene rings is 1. The topological polar surface area (TPSA) is 56.1 Å². The van der Waals surface area contributed by atoms with Gasteiger partial charge in [0.2, 0.25) is 0 Å². The van der Waals surface area contributed by atoms with Gasteiger partial charge in [-0.25, -0.2) is 0 Å². The lowest BCUT2D eigenvalue weighted by atomic mass is 10.2. The number of nitrogens with one attached hydrogen (secondary N) is 1. The Morgan fingerprint density at radius 2 is 1.95 bits per heavy atom. The third-order valence-electron chi connectivity index (χ3n) is 2.77. The molecule has 1 aromatic carbocycles. The molecule has 0 bridgehead atoms. The molecule has 0 unspecified atom stereocenters. The first kappa shape index (κ1) is 15.9. The molecule has 22 heavy (non-hydrogen) atoms. The average Bonchev–Trinajstić information content (AvgIpc) is 2.84. The van der Waals surface area contributed by atoms with Crippen molar-refractivity contribution in [3.05, 3.63) is 41.7 Å². The minimum absolute atomic E-state index is 0.366. The average molecular weight is 313 g/mol. The SMILES string of the molecule is CCOc1ccc(NC(=O)c2cn(C)nc2C(F)(F)F)cc1. The van der Waals surface area contributed by atoms with Crippen LogP contribution in [0.4, 0.5) is 18.9 Å². The predicted octanol–water partition coefficient (Wildman–Crippen LogP) is 3.09. The van der Waals surface area contributed by atoms with Gasteiger partial charge >= 0.3 is 6.18 Å². The quantitative estimate of drug-likeness (QED) is 0.943. The highest BCUT2D eigenvalue weighted by Gasteiger charge is 2.38. The molecule has 0 aliphatic rings. The van der Waals surface area contributed by atoms with E-state index in [1.165, 1.54) is 7.05 Å². The van der Waals surface area contributed by atoms with E-state index in [1.54, 1.807) is 24.3 Å². The van der Waals surface area contributed by atoms with Crippen LogP contribution in [0.15, 0.2) is 30.5 Å². The molecular formula is C14H14F3N3O2. The molecule has 0 fully saturated rings. The van der Waals surface area contributed by atoms with Gasteiger partial charge in [-0.05, 0) is 31.2 Å². The summed E-state index contributed by atoms with van der Waals surface area (Å²) in [7, 11) is 1.32. The Labute approximate surface area is 124 Å². The molecule has 5 nitrogen and oxygen atoms in total. The van der Waals surface area contributed by atoms with Crippen LogP contribution >= 0.6 is 0 Å². The monoisotopic (exact) mass is 313 g/mol. The predicted molar refractivity (Wildman–Crippen MR) is 73.8 cm³/mol. The fraction of sp³-hybridized carbons (Fsp3) is 0.286. The second-order valence-corrected chi connectivity index (χ2v) is 4.47. The van der Waals surface area contributed by atoms with Gasteiger partial charge in [-0.15, -0.1) is 0 Å². The van der Waals surface area contributed by atoms with Gasteiger partial charge < -0.3 is 10.1 Å². The van der Waals surface area contributed by atoms with Gasteiger partial charge in [0.15, 0.2) is 5.69 Å². The number of amides is 1. The van der Waals surface area contributed by atoms with E-state index >= 15 is 0 Å². The first-order chi connectivity index (χ1) is 10.3. The lowest BCUT2D eigenvalue weighted by Gasteiger charge is -2.08. The first-order valence-corrected chi connectivity index (χ1v) is 6.46. The zero-order valence-corrected chi connectivity index (χ0v) is 11.9. The molecule has 1 heterocycles. The fourth-order valence-corrected chi connectivity index (χ4v) is 1.86. The van der Waals surface area contributed by atoms with E-state index in [0.717, 1.165) is 10.9 Å². The van der Waals surface area contributed by atoms with E-state index in [4.69, 9.17) is 4.74 Å². The second-order valence-electron chi connectivity index (χ2n) is 4.47. The molecule has 118 valence electrons. The number of carbonyl (C=O) groups is 1. The molecule has 0 spiro atoms. The van der Waals surface area contributed by atoms with Crippen molar-refractivity contribution < 1.29 is 22.7 Å². The number of hydrogen-bond donors (Lipinski definition) is 1. The third-order valence-corrected chi connectivity index (χ3v) is 2.77. The van der Waals surface area contributed by atoms with Crippen molar-refractivity contribution in [2.24, 2.45) is 7.05 Å². The van der Waals surface area contributed by atoms with Crippen molar-refractivity contribution in [3.8, 4) is 5.75 Å². The number of alkyl halides is 3. The molecule has 8 heteroatoms. The number of nitrogens with zero attached hydrogens (tertiary/aromatic N) is 2. The van der Waals surface area contributed by atoms with Crippen molar-refractivity contribution in [3.63, 3.8) is 0 Å². The summed E-state index contributed by atoms with van der Waals surface area (Å²) < 4.78 is 44.7. The number of rotatable bonds is 4.